The van der Waals surface area contributed by atoms with Crippen LogP contribution in [0.4, 0.5) is 11.6 Å². The van der Waals surface area contributed by atoms with Crippen molar-refractivity contribution in [1.82, 2.24) is 14.9 Å². The van der Waals surface area contributed by atoms with Crippen LogP contribution in [0.1, 0.15) is 45.0 Å². The van der Waals surface area contributed by atoms with E-state index in [-0.39, 0.29) is 5.41 Å². The van der Waals surface area contributed by atoms with Crippen LogP contribution in [0.3, 0.4) is 0 Å². The van der Waals surface area contributed by atoms with Crippen molar-refractivity contribution in [3.05, 3.63) is 11.4 Å². The first-order chi connectivity index (χ1) is 9.81. The van der Waals surface area contributed by atoms with Crippen molar-refractivity contribution < 1.29 is 0 Å². The van der Waals surface area contributed by atoms with E-state index in [1.54, 1.807) is 0 Å². The van der Waals surface area contributed by atoms with Crippen molar-refractivity contribution in [1.29, 1.82) is 0 Å². The average Bonchev–Trinajstić information content (AvgIpc) is 2.40. The number of rotatable bonds is 3. The summed E-state index contributed by atoms with van der Waals surface area (Å²) in [7, 11) is 2.16. The van der Waals surface area contributed by atoms with E-state index in [1.807, 2.05) is 6.92 Å². The summed E-state index contributed by atoms with van der Waals surface area (Å²) >= 11 is 0. The van der Waals surface area contributed by atoms with Crippen LogP contribution in [0.15, 0.2) is 0 Å². The minimum absolute atomic E-state index is 0.112. The number of likely N-dealkylation sites (tertiary alicyclic amines) is 1. The monoisotopic (exact) mass is 292 g/mol. The van der Waals surface area contributed by atoms with E-state index >= 15 is 0 Å². The zero-order valence-electron chi connectivity index (χ0n) is 13.8. The molecule has 1 unspecified atom stereocenters. The number of piperidine rings is 1. The predicted octanol–water partition coefficient (Wildman–Crippen LogP) is 1.87. The van der Waals surface area contributed by atoms with Gasteiger partial charge in [0.15, 0.2) is 0 Å². The smallest absolute Gasteiger partial charge is 0.148 e. The Morgan fingerprint density at radius 3 is 2.48 bits per heavy atom. The van der Waals surface area contributed by atoms with Crippen molar-refractivity contribution in [2.24, 2.45) is 5.84 Å². The lowest BCUT2D eigenvalue weighted by Gasteiger charge is -2.31. The summed E-state index contributed by atoms with van der Waals surface area (Å²) in [4.78, 5) is 11.6. The van der Waals surface area contributed by atoms with Gasteiger partial charge in [0.25, 0.3) is 0 Å². The number of hydrogen-bond acceptors (Lipinski definition) is 6. The summed E-state index contributed by atoms with van der Waals surface area (Å²) in [5.74, 6) is 8.00. The molecule has 1 aliphatic rings. The van der Waals surface area contributed by atoms with Crippen molar-refractivity contribution in [2.75, 3.05) is 30.9 Å². The molecule has 0 spiro atoms. The fraction of sp³-hybridized carbons (Fsp3) is 0.733. The number of nitrogens with zero attached hydrogens (tertiary/aromatic N) is 3. The highest BCUT2D eigenvalue weighted by Crippen LogP contribution is 2.27. The highest BCUT2D eigenvalue weighted by molar-refractivity contribution is 5.57. The van der Waals surface area contributed by atoms with E-state index < -0.39 is 0 Å². The lowest BCUT2D eigenvalue weighted by atomic mass is 9.95. The zero-order valence-corrected chi connectivity index (χ0v) is 13.8. The maximum atomic E-state index is 5.61. The Morgan fingerprint density at radius 2 is 1.90 bits per heavy atom. The number of anilines is 2. The number of hydrogen-bond donors (Lipinski definition) is 3. The summed E-state index contributed by atoms with van der Waals surface area (Å²) in [5, 5.41) is 3.58. The fourth-order valence-corrected chi connectivity index (χ4v) is 2.61. The molecule has 0 aliphatic carbocycles. The predicted molar refractivity (Wildman–Crippen MR) is 87.4 cm³/mol. The van der Waals surface area contributed by atoms with Gasteiger partial charge in [-0.25, -0.2) is 15.8 Å². The summed E-state index contributed by atoms with van der Waals surface area (Å²) in [5.41, 5.74) is 3.55. The van der Waals surface area contributed by atoms with Crippen molar-refractivity contribution in [2.45, 2.75) is 52.0 Å². The quantitative estimate of drug-likeness (QED) is 0.583. The molecule has 0 radical (unpaired) electrons. The Morgan fingerprint density at radius 1 is 1.24 bits per heavy atom. The molecule has 0 saturated carbocycles. The molecule has 2 rings (SSSR count). The van der Waals surface area contributed by atoms with Crippen LogP contribution in [0, 0.1) is 6.92 Å². The number of hydrazine groups is 1. The molecule has 1 fully saturated rings. The molecule has 4 N–H and O–H groups in total. The van der Waals surface area contributed by atoms with Crippen LogP contribution >= 0.6 is 0 Å². The van der Waals surface area contributed by atoms with Gasteiger partial charge in [-0.15, -0.1) is 0 Å². The van der Waals surface area contributed by atoms with Crippen molar-refractivity contribution in [3.63, 3.8) is 0 Å². The van der Waals surface area contributed by atoms with E-state index in [1.165, 1.54) is 19.4 Å². The minimum Gasteiger partial charge on any atom is -0.366 e. The van der Waals surface area contributed by atoms with Crippen LogP contribution < -0.4 is 16.6 Å². The Labute approximate surface area is 127 Å². The van der Waals surface area contributed by atoms with Crippen molar-refractivity contribution in [3.8, 4) is 0 Å². The first kappa shape index (κ1) is 16.0. The normalized spacial score (nSPS) is 20.4. The third-order valence-corrected chi connectivity index (χ3v) is 3.92. The highest BCUT2D eigenvalue weighted by atomic mass is 15.3. The largest absolute Gasteiger partial charge is 0.366 e. The molecule has 0 bridgehead atoms. The van der Waals surface area contributed by atoms with E-state index in [2.05, 4.69) is 48.4 Å². The van der Waals surface area contributed by atoms with Gasteiger partial charge in [-0.2, -0.15) is 0 Å². The number of likely N-dealkylation sites (N-methyl/N-ethyl adjacent to an activating group) is 1. The van der Waals surface area contributed by atoms with Crippen LogP contribution in [0.25, 0.3) is 0 Å². The molecular formula is C15H28N6. The fourth-order valence-electron chi connectivity index (χ4n) is 2.61. The Bertz CT molecular complexity index is 494. The molecule has 6 heteroatoms. The molecule has 6 nitrogen and oxygen atoms in total. The van der Waals surface area contributed by atoms with Gasteiger partial charge in [0.05, 0.1) is 0 Å². The Hall–Kier alpha value is -1.40. The van der Waals surface area contributed by atoms with Gasteiger partial charge in [0.1, 0.15) is 17.5 Å². The molecule has 0 aromatic carbocycles. The second-order valence-corrected chi connectivity index (χ2v) is 7.01. The summed E-state index contributed by atoms with van der Waals surface area (Å²) in [6.07, 6.45) is 2.39. The first-order valence-corrected chi connectivity index (χ1v) is 7.62. The third-order valence-electron chi connectivity index (χ3n) is 3.92. The van der Waals surface area contributed by atoms with E-state index in [4.69, 9.17) is 10.8 Å². The van der Waals surface area contributed by atoms with Gasteiger partial charge in [0, 0.05) is 23.6 Å². The molecule has 1 aromatic rings. The lowest BCUT2D eigenvalue weighted by Crippen LogP contribution is -2.40. The van der Waals surface area contributed by atoms with Gasteiger partial charge in [0.2, 0.25) is 0 Å². The van der Waals surface area contributed by atoms with Crippen LogP contribution in [-0.4, -0.2) is 41.0 Å². The highest BCUT2D eigenvalue weighted by Gasteiger charge is 2.23. The maximum absolute atomic E-state index is 5.61. The first-order valence-electron chi connectivity index (χ1n) is 7.62. The topological polar surface area (TPSA) is 79.1 Å². The maximum Gasteiger partial charge on any atom is 0.148 e. The molecule has 1 aliphatic heterocycles. The average molecular weight is 292 g/mol. The minimum atomic E-state index is -0.112. The van der Waals surface area contributed by atoms with E-state index in [0.29, 0.717) is 11.9 Å². The third kappa shape index (κ3) is 3.83. The molecule has 21 heavy (non-hydrogen) atoms. The molecule has 118 valence electrons. The molecule has 0 amide bonds. The second kappa shape index (κ2) is 6.15. The van der Waals surface area contributed by atoms with Crippen LogP contribution in [0.2, 0.25) is 0 Å². The Balaban J connectivity index is 2.29. The van der Waals surface area contributed by atoms with Gasteiger partial charge in [-0.3, -0.25) is 0 Å². The van der Waals surface area contributed by atoms with E-state index in [9.17, 15) is 0 Å². The summed E-state index contributed by atoms with van der Waals surface area (Å²) in [6, 6.07) is 0.427. The van der Waals surface area contributed by atoms with Crippen LogP contribution in [0.5, 0.6) is 0 Å². The summed E-state index contributed by atoms with van der Waals surface area (Å²) < 4.78 is 0. The van der Waals surface area contributed by atoms with E-state index in [0.717, 1.165) is 23.8 Å². The molecule has 1 saturated heterocycles. The number of nitrogen functional groups attached to an aromatic ring is 1. The number of nitrogens with one attached hydrogen (secondary N) is 2. The second-order valence-electron chi connectivity index (χ2n) is 7.01. The zero-order chi connectivity index (χ0) is 15.6. The molecular weight excluding hydrogens is 264 g/mol. The van der Waals surface area contributed by atoms with Crippen molar-refractivity contribution >= 4 is 11.6 Å². The van der Waals surface area contributed by atoms with Crippen LogP contribution in [-0.2, 0) is 5.41 Å². The molecule has 2 heterocycles. The van der Waals surface area contributed by atoms with Gasteiger partial charge in [-0.05, 0) is 33.4 Å². The SMILES string of the molecule is Cc1c(NN)nc(C(C)(C)C)nc1NC1CCCN(C)C1. The molecule has 1 atom stereocenters. The number of aromatic nitrogens is 2. The van der Waals surface area contributed by atoms with Gasteiger partial charge < -0.3 is 15.6 Å². The lowest BCUT2D eigenvalue weighted by molar-refractivity contribution is 0.260. The standard InChI is InChI=1S/C15H28N6/c1-10-12(17-11-7-6-8-21(5)9-11)18-14(15(2,3)4)19-13(10)20-16/h11H,6-9,16H2,1-5H3,(H2,17,18,19,20). The van der Waals surface area contributed by atoms with Gasteiger partial charge >= 0.3 is 0 Å². The number of nitrogens with two attached hydrogens (primary N) is 1. The van der Waals surface area contributed by atoms with Gasteiger partial charge in [-0.1, -0.05) is 20.8 Å². The Kier molecular flexibility index (Phi) is 4.68. The molecule has 1 aromatic heterocycles. The summed E-state index contributed by atoms with van der Waals surface area (Å²) in [6.45, 7) is 10.5.